The number of nitrogens with one attached hydrogen (secondary N) is 1. The Hall–Kier alpha value is -1.69. The third kappa shape index (κ3) is 2.66. The van der Waals surface area contributed by atoms with Crippen molar-refractivity contribution in [3.05, 3.63) is 12.1 Å². The lowest BCUT2D eigenvalue weighted by molar-refractivity contribution is 0.122. The highest BCUT2D eigenvalue weighted by Gasteiger charge is 2.12. The minimum absolute atomic E-state index is 0.648. The summed E-state index contributed by atoms with van der Waals surface area (Å²) in [5.41, 5.74) is 2.78. The number of hydrogen-bond acceptors (Lipinski definition) is 6. The molecule has 1 aromatic rings. The van der Waals surface area contributed by atoms with Crippen molar-refractivity contribution >= 4 is 17.9 Å². The summed E-state index contributed by atoms with van der Waals surface area (Å²) in [6, 6.07) is 3.80. The van der Waals surface area contributed by atoms with Crippen molar-refractivity contribution in [1.29, 1.82) is 0 Å². The van der Waals surface area contributed by atoms with Gasteiger partial charge in [0.15, 0.2) is 11.6 Å². The molecular formula is C10H15N5O. The maximum absolute atomic E-state index is 5.28. The van der Waals surface area contributed by atoms with Gasteiger partial charge < -0.3 is 9.64 Å². The first kappa shape index (κ1) is 10.8. The molecule has 0 bridgehead atoms. The Balaban J connectivity index is 2.00. The summed E-state index contributed by atoms with van der Waals surface area (Å²) in [7, 11) is 0. The molecule has 1 aliphatic heterocycles. The van der Waals surface area contributed by atoms with Crippen molar-refractivity contribution in [2.45, 2.75) is 6.92 Å². The zero-order valence-electron chi connectivity index (χ0n) is 9.26. The Morgan fingerprint density at radius 2 is 2.19 bits per heavy atom. The van der Waals surface area contributed by atoms with Gasteiger partial charge in [0.25, 0.3) is 0 Å². The molecule has 1 N–H and O–H groups in total. The van der Waals surface area contributed by atoms with Crippen molar-refractivity contribution in [2.24, 2.45) is 5.10 Å². The van der Waals surface area contributed by atoms with Crippen molar-refractivity contribution in [3.63, 3.8) is 0 Å². The van der Waals surface area contributed by atoms with E-state index in [9.17, 15) is 0 Å². The number of morpholine rings is 1. The van der Waals surface area contributed by atoms with Crippen molar-refractivity contribution in [1.82, 2.24) is 10.2 Å². The van der Waals surface area contributed by atoms with Crippen LogP contribution in [0.25, 0.3) is 0 Å². The second-order valence-electron chi connectivity index (χ2n) is 3.38. The van der Waals surface area contributed by atoms with Gasteiger partial charge in [0.05, 0.1) is 13.2 Å². The van der Waals surface area contributed by atoms with Crippen LogP contribution in [0, 0.1) is 0 Å². The van der Waals surface area contributed by atoms with Gasteiger partial charge in [-0.3, -0.25) is 5.43 Å². The van der Waals surface area contributed by atoms with E-state index < -0.39 is 0 Å². The summed E-state index contributed by atoms with van der Waals surface area (Å²) in [6.45, 7) is 5.08. The molecule has 2 rings (SSSR count). The third-order valence-corrected chi connectivity index (χ3v) is 2.29. The van der Waals surface area contributed by atoms with E-state index in [0.717, 1.165) is 32.1 Å². The fraction of sp³-hybridized carbons (Fsp3) is 0.500. The average molecular weight is 221 g/mol. The van der Waals surface area contributed by atoms with Crippen LogP contribution in [0.4, 0.5) is 11.6 Å². The smallest absolute Gasteiger partial charge is 0.168 e. The van der Waals surface area contributed by atoms with Crippen LogP contribution in [0.2, 0.25) is 0 Å². The van der Waals surface area contributed by atoms with Crippen molar-refractivity contribution < 1.29 is 4.74 Å². The summed E-state index contributed by atoms with van der Waals surface area (Å²) in [5.74, 6) is 1.53. The lowest BCUT2D eigenvalue weighted by Gasteiger charge is -2.27. The molecule has 1 aliphatic rings. The second kappa shape index (κ2) is 5.41. The van der Waals surface area contributed by atoms with E-state index in [0.29, 0.717) is 5.82 Å². The van der Waals surface area contributed by atoms with E-state index in [1.54, 1.807) is 6.21 Å². The standard InChI is InChI=1S/C10H15N5O/c1-2-11-12-9-3-4-10(14-13-9)15-5-7-16-8-6-15/h2-4H,5-8H2,1H3,(H,12,13)/b11-2+. The van der Waals surface area contributed by atoms with E-state index >= 15 is 0 Å². The van der Waals surface area contributed by atoms with Gasteiger partial charge in [0.2, 0.25) is 0 Å². The maximum atomic E-state index is 5.28. The first-order valence-electron chi connectivity index (χ1n) is 5.30. The molecule has 0 atom stereocenters. The topological polar surface area (TPSA) is 62.6 Å². The number of aromatic nitrogens is 2. The van der Waals surface area contributed by atoms with Crippen LogP contribution in [-0.4, -0.2) is 42.7 Å². The van der Waals surface area contributed by atoms with Gasteiger partial charge in [-0.05, 0) is 19.1 Å². The number of rotatable bonds is 3. The zero-order chi connectivity index (χ0) is 11.2. The highest BCUT2D eigenvalue weighted by molar-refractivity contribution is 5.55. The quantitative estimate of drug-likeness (QED) is 0.602. The number of ether oxygens (including phenoxy) is 1. The zero-order valence-corrected chi connectivity index (χ0v) is 9.26. The normalized spacial score (nSPS) is 16.7. The molecule has 6 heteroatoms. The van der Waals surface area contributed by atoms with Crippen LogP contribution in [0.15, 0.2) is 17.2 Å². The largest absolute Gasteiger partial charge is 0.378 e. The Labute approximate surface area is 94.3 Å². The molecule has 6 nitrogen and oxygen atoms in total. The fourth-order valence-corrected chi connectivity index (χ4v) is 1.48. The lowest BCUT2D eigenvalue weighted by atomic mass is 10.4. The van der Waals surface area contributed by atoms with E-state index in [1.807, 2.05) is 19.1 Å². The van der Waals surface area contributed by atoms with Gasteiger partial charge in [0, 0.05) is 19.3 Å². The van der Waals surface area contributed by atoms with Gasteiger partial charge >= 0.3 is 0 Å². The molecule has 16 heavy (non-hydrogen) atoms. The first-order valence-corrected chi connectivity index (χ1v) is 5.30. The molecule has 2 heterocycles. The summed E-state index contributed by atoms with van der Waals surface area (Å²) < 4.78 is 5.28. The summed E-state index contributed by atoms with van der Waals surface area (Å²) in [5, 5.41) is 12.0. The third-order valence-electron chi connectivity index (χ3n) is 2.29. The van der Waals surface area contributed by atoms with Crippen LogP contribution in [0.3, 0.4) is 0 Å². The Morgan fingerprint density at radius 3 is 2.81 bits per heavy atom. The van der Waals surface area contributed by atoms with Crippen LogP contribution >= 0.6 is 0 Å². The summed E-state index contributed by atoms with van der Waals surface area (Å²) in [6.07, 6.45) is 1.66. The summed E-state index contributed by atoms with van der Waals surface area (Å²) in [4.78, 5) is 2.16. The number of hydrazone groups is 1. The summed E-state index contributed by atoms with van der Waals surface area (Å²) >= 11 is 0. The Morgan fingerprint density at radius 1 is 1.38 bits per heavy atom. The molecule has 0 amide bonds. The molecule has 0 unspecified atom stereocenters. The molecule has 0 aromatic carbocycles. The van der Waals surface area contributed by atoms with Gasteiger partial charge in [-0.2, -0.15) is 5.10 Å². The lowest BCUT2D eigenvalue weighted by Crippen LogP contribution is -2.36. The van der Waals surface area contributed by atoms with Gasteiger partial charge in [-0.25, -0.2) is 0 Å². The van der Waals surface area contributed by atoms with Crippen LogP contribution in [-0.2, 0) is 4.74 Å². The Bertz CT molecular complexity index is 345. The van der Waals surface area contributed by atoms with E-state index in [1.165, 1.54) is 0 Å². The van der Waals surface area contributed by atoms with Crippen LogP contribution in [0.1, 0.15) is 6.92 Å². The average Bonchev–Trinajstić information content (AvgIpc) is 2.38. The fourth-order valence-electron chi connectivity index (χ4n) is 1.48. The van der Waals surface area contributed by atoms with E-state index in [2.05, 4.69) is 25.6 Å². The SMILES string of the molecule is C/C=N/Nc1ccc(N2CCOCC2)nn1. The first-order chi connectivity index (χ1) is 7.90. The van der Waals surface area contributed by atoms with Crippen LogP contribution in [0.5, 0.6) is 0 Å². The Kier molecular flexibility index (Phi) is 3.66. The molecule has 0 saturated carbocycles. The molecule has 0 aliphatic carbocycles. The van der Waals surface area contributed by atoms with Crippen molar-refractivity contribution in [3.8, 4) is 0 Å². The highest BCUT2D eigenvalue weighted by atomic mass is 16.5. The second-order valence-corrected chi connectivity index (χ2v) is 3.38. The number of anilines is 2. The monoisotopic (exact) mass is 221 g/mol. The highest BCUT2D eigenvalue weighted by Crippen LogP contribution is 2.12. The molecule has 0 radical (unpaired) electrons. The number of hydrogen-bond donors (Lipinski definition) is 1. The van der Waals surface area contributed by atoms with Crippen molar-refractivity contribution in [2.75, 3.05) is 36.6 Å². The van der Waals surface area contributed by atoms with E-state index in [-0.39, 0.29) is 0 Å². The molecule has 1 aromatic heterocycles. The molecule has 1 fully saturated rings. The minimum Gasteiger partial charge on any atom is -0.378 e. The molecular weight excluding hydrogens is 206 g/mol. The molecule has 0 spiro atoms. The van der Waals surface area contributed by atoms with E-state index in [4.69, 9.17) is 4.74 Å². The van der Waals surface area contributed by atoms with Crippen LogP contribution < -0.4 is 10.3 Å². The predicted octanol–water partition coefficient (Wildman–Crippen LogP) is 0.731. The number of nitrogens with zero attached hydrogens (tertiary/aromatic N) is 4. The van der Waals surface area contributed by atoms with Gasteiger partial charge in [0.1, 0.15) is 0 Å². The predicted molar refractivity (Wildman–Crippen MR) is 62.9 cm³/mol. The molecule has 86 valence electrons. The maximum Gasteiger partial charge on any atom is 0.168 e. The molecule has 1 saturated heterocycles. The minimum atomic E-state index is 0.648. The van der Waals surface area contributed by atoms with Gasteiger partial charge in [-0.15, -0.1) is 10.2 Å². The van der Waals surface area contributed by atoms with Gasteiger partial charge in [-0.1, -0.05) is 0 Å².